The average Bonchev–Trinajstić information content (AvgIpc) is 3.17. The summed E-state index contributed by atoms with van der Waals surface area (Å²) in [7, 11) is -2.16. The Morgan fingerprint density at radius 3 is 2.56 bits per heavy atom. The van der Waals surface area contributed by atoms with Crippen molar-refractivity contribution in [2.45, 2.75) is 17.4 Å². The largest absolute Gasteiger partial charge is 0.337 e. The third-order valence-electron chi connectivity index (χ3n) is 4.39. The number of carbonyl (C=O) groups is 1. The average molecular weight is 414 g/mol. The first-order valence-corrected chi connectivity index (χ1v) is 9.71. The number of amides is 1. The fraction of sp³-hybridized carbons (Fsp3) is 0.278. The van der Waals surface area contributed by atoms with Crippen LogP contribution in [0, 0.1) is 5.82 Å². The van der Waals surface area contributed by atoms with Gasteiger partial charge in [0.25, 0.3) is 15.9 Å². The molecule has 1 aliphatic rings. The minimum atomic E-state index is -3.88. The molecule has 2 aromatic carbocycles. The van der Waals surface area contributed by atoms with E-state index in [4.69, 9.17) is 0 Å². The van der Waals surface area contributed by atoms with Crippen LogP contribution >= 0.6 is 12.4 Å². The second kappa shape index (κ2) is 8.69. The highest BCUT2D eigenvalue weighted by Gasteiger charge is 2.25. The summed E-state index contributed by atoms with van der Waals surface area (Å²) in [6.07, 6.45) is 0.867. The second-order valence-electron chi connectivity index (χ2n) is 6.20. The van der Waals surface area contributed by atoms with Crippen molar-refractivity contribution in [1.29, 1.82) is 0 Å². The number of benzene rings is 2. The van der Waals surface area contributed by atoms with Gasteiger partial charge in [-0.05, 0) is 55.4 Å². The normalized spacial score (nSPS) is 16.4. The molecule has 9 heteroatoms. The molecule has 0 radical (unpaired) electrons. The van der Waals surface area contributed by atoms with Gasteiger partial charge in [-0.2, -0.15) is 0 Å². The summed E-state index contributed by atoms with van der Waals surface area (Å²) < 4.78 is 40.4. The van der Waals surface area contributed by atoms with Crippen LogP contribution in [-0.2, 0) is 10.0 Å². The van der Waals surface area contributed by atoms with Crippen LogP contribution in [-0.4, -0.2) is 45.4 Å². The number of carbonyl (C=O) groups excluding carboxylic acids is 1. The number of hydrogen-bond donors (Lipinski definition) is 2. The predicted octanol–water partition coefficient (Wildman–Crippen LogP) is 2.48. The maximum atomic E-state index is 13.0. The second-order valence-corrected chi connectivity index (χ2v) is 7.89. The van der Waals surface area contributed by atoms with Crippen molar-refractivity contribution in [3.8, 4) is 0 Å². The molecule has 1 amide bonds. The highest BCUT2D eigenvalue weighted by atomic mass is 35.5. The van der Waals surface area contributed by atoms with Gasteiger partial charge in [0.1, 0.15) is 5.82 Å². The third kappa shape index (κ3) is 4.97. The summed E-state index contributed by atoms with van der Waals surface area (Å²) in [6, 6.07) is 11.0. The van der Waals surface area contributed by atoms with Gasteiger partial charge in [-0.25, -0.2) is 12.8 Å². The molecule has 0 saturated carbocycles. The molecule has 6 nitrogen and oxygen atoms in total. The molecule has 0 spiro atoms. The lowest BCUT2D eigenvalue weighted by Gasteiger charge is -2.24. The van der Waals surface area contributed by atoms with E-state index in [0.717, 1.165) is 19.5 Å². The van der Waals surface area contributed by atoms with E-state index in [1.807, 2.05) is 0 Å². The van der Waals surface area contributed by atoms with Crippen molar-refractivity contribution in [2.24, 2.45) is 0 Å². The number of rotatable bonds is 5. The number of hydrogen-bond acceptors (Lipinski definition) is 4. The van der Waals surface area contributed by atoms with Crippen molar-refractivity contribution in [3.63, 3.8) is 0 Å². The lowest BCUT2D eigenvalue weighted by Crippen LogP contribution is -2.38. The molecule has 1 fully saturated rings. The van der Waals surface area contributed by atoms with Gasteiger partial charge in [0.2, 0.25) is 0 Å². The van der Waals surface area contributed by atoms with Crippen LogP contribution in [0.15, 0.2) is 53.4 Å². The standard InChI is InChI=1S/C18H20FN3O3S.ClH/c1-22(16-9-10-20-12-16)18(23)13-3-2-4-17(11-13)26(24,25)21-15-7-5-14(19)6-8-15;/h2-8,11,16,20-21H,9-10,12H2,1H3;1H. The highest BCUT2D eigenvalue weighted by molar-refractivity contribution is 7.92. The number of halogens is 2. The monoisotopic (exact) mass is 413 g/mol. The van der Waals surface area contributed by atoms with Crippen molar-refractivity contribution in [3.05, 3.63) is 59.9 Å². The van der Waals surface area contributed by atoms with Gasteiger partial charge in [0.05, 0.1) is 4.90 Å². The summed E-state index contributed by atoms with van der Waals surface area (Å²) in [5.74, 6) is -0.678. The lowest BCUT2D eigenvalue weighted by molar-refractivity contribution is 0.0743. The Hall–Kier alpha value is -2.16. The molecule has 3 rings (SSSR count). The maximum Gasteiger partial charge on any atom is 0.261 e. The van der Waals surface area contributed by atoms with Crippen molar-refractivity contribution < 1.29 is 17.6 Å². The van der Waals surface area contributed by atoms with Gasteiger partial charge in [-0.15, -0.1) is 12.4 Å². The molecule has 1 aliphatic heterocycles. The van der Waals surface area contributed by atoms with Gasteiger partial charge in [-0.1, -0.05) is 6.07 Å². The van der Waals surface area contributed by atoms with Crippen LogP contribution in [0.2, 0.25) is 0 Å². The topological polar surface area (TPSA) is 78.5 Å². The fourth-order valence-electron chi connectivity index (χ4n) is 2.87. The summed E-state index contributed by atoms with van der Waals surface area (Å²) in [5, 5.41) is 3.20. The number of anilines is 1. The summed E-state index contributed by atoms with van der Waals surface area (Å²) in [5.41, 5.74) is 0.554. The number of nitrogens with one attached hydrogen (secondary N) is 2. The Kier molecular flexibility index (Phi) is 6.80. The molecule has 0 aromatic heterocycles. The first-order chi connectivity index (χ1) is 12.4. The molecule has 0 bridgehead atoms. The Morgan fingerprint density at radius 1 is 1.22 bits per heavy atom. The Morgan fingerprint density at radius 2 is 1.93 bits per heavy atom. The molecule has 1 atom stereocenters. The quantitative estimate of drug-likeness (QED) is 0.789. The minimum Gasteiger partial charge on any atom is -0.337 e. The zero-order valence-corrected chi connectivity index (χ0v) is 16.3. The predicted molar refractivity (Wildman–Crippen MR) is 104 cm³/mol. The molecule has 1 unspecified atom stereocenters. The van der Waals surface area contributed by atoms with Gasteiger partial charge >= 0.3 is 0 Å². The molecule has 146 valence electrons. The summed E-state index contributed by atoms with van der Waals surface area (Å²) >= 11 is 0. The molecule has 0 aliphatic carbocycles. The van der Waals surface area contributed by atoms with Crippen LogP contribution in [0.4, 0.5) is 10.1 Å². The number of likely N-dealkylation sites (N-methyl/N-ethyl adjacent to an activating group) is 1. The van der Waals surface area contributed by atoms with Crippen molar-refractivity contribution in [2.75, 3.05) is 24.9 Å². The first-order valence-electron chi connectivity index (χ1n) is 8.23. The van der Waals surface area contributed by atoms with E-state index in [0.29, 0.717) is 5.56 Å². The molecule has 2 N–H and O–H groups in total. The fourth-order valence-corrected chi connectivity index (χ4v) is 3.97. The van der Waals surface area contributed by atoms with Crippen LogP contribution < -0.4 is 10.0 Å². The van der Waals surface area contributed by atoms with E-state index in [-0.39, 0.29) is 34.9 Å². The maximum absolute atomic E-state index is 13.0. The Bertz CT molecular complexity index is 900. The van der Waals surface area contributed by atoms with Gasteiger partial charge in [0, 0.05) is 30.9 Å². The zero-order valence-electron chi connectivity index (χ0n) is 14.7. The third-order valence-corrected chi connectivity index (χ3v) is 5.77. The first kappa shape index (κ1) is 21.1. The number of sulfonamides is 1. The zero-order chi connectivity index (χ0) is 18.7. The van der Waals surface area contributed by atoms with E-state index in [2.05, 4.69) is 10.0 Å². The summed E-state index contributed by atoms with van der Waals surface area (Å²) in [6.45, 7) is 1.59. The van der Waals surface area contributed by atoms with Crippen LogP contribution in [0.1, 0.15) is 16.8 Å². The Balaban J connectivity index is 0.00000261. The lowest BCUT2D eigenvalue weighted by atomic mass is 10.1. The van der Waals surface area contributed by atoms with Gasteiger partial charge in [-0.3, -0.25) is 9.52 Å². The van der Waals surface area contributed by atoms with E-state index in [1.54, 1.807) is 18.0 Å². The van der Waals surface area contributed by atoms with E-state index < -0.39 is 15.8 Å². The minimum absolute atomic E-state index is 0. The van der Waals surface area contributed by atoms with E-state index in [9.17, 15) is 17.6 Å². The van der Waals surface area contributed by atoms with Crippen molar-refractivity contribution >= 4 is 34.0 Å². The summed E-state index contributed by atoms with van der Waals surface area (Å²) in [4.78, 5) is 14.3. The highest BCUT2D eigenvalue weighted by Crippen LogP contribution is 2.19. The molecule has 2 aromatic rings. The molecular weight excluding hydrogens is 393 g/mol. The van der Waals surface area contributed by atoms with Crippen LogP contribution in [0.5, 0.6) is 0 Å². The molecular formula is C18H21ClFN3O3S. The smallest absolute Gasteiger partial charge is 0.261 e. The van der Waals surface area contributed by atoms with Crippen LogP contribution in [0.25, 0.3) is 0 Å². The van der Waals surface area contributed by atoms with E-state index in [1.165, 1.54) is 42.5 Å². The molecule has 1 heterocycles. The van der Waals surface area contributed by atoms with Crippen molar-refractivity contribution in [1.82, 2.24) is 10.2 Å². The molecule has 27 heavy (non-hydrogen) atoms. The van der Waals surface area contributed by atoms with Gasteiger partial charge in [0.15, 0.2) is 0 Å². The van der Waals surface area contributed by atoms with Crippen LogP contribution in [0.3, 0.4) is 0 Å². The van der Waals surface area contributed by atoms with Gasteiger partial charge < -0.3 is 10.2 Å². The Labute approximate surface area is 164 Å². The van der Waals surface area contributed by atoms with E-state index >= 15 is 0 Å². The molecule has 1 saturated heterocycles. The number of nitrogens with zero attached hydrogens (tertiary/aromatic N) is 1. The SMILES string of the molecule is CN(C(=O)c1cccc(S(=O)(=O)Nc2ccc(F)cc2)c1)C1CCNC1.Cl.